The molecule has 0 saturated heterocycles. The molecule has 0 saturated carbocycles. The van der Waals surface area contributed by atoms with Crippen LogP contribution in [0.3, 0.4) is 0 Å². The van der Waals surface area contributed by atoms with Crippen molar-refractivity contribution < 1.29 is 4.74 Å². The highest BCUT2D eigenvalue weighted by Crippen LogP contribution is 2.12. The summed E-state index contributed by atoms with van der Waals surface area (Å²) in [6.07, 6.45) is 3.40. The Balaban J connectivity index is 0.00000484. The number of rotatable bonds is 9. The summed E-state index contributed by atoms with van der Waals surface area (Å²) in [6.45, 7) is 9.49. The van der Waals surface area contributed by atoms with Gasteiger partial charge in [0.15, 0.2) is 5.96 Å². The van der Waals surface area contributed by atoms with Crippen LogP contribution in [0.5, 0.6) is 0 Å². The molecular formula is C16H32IN5O. The highest BCUT2D eigenvalue weighted by atomic mass is 127. The molecule has 0 aliphatic heterocycles. The van der Waals surface area contributed by atoms with Crippen LogP contribution in [-0.2, 0) is 18.3 Å². The Labute approximate surface area is 157 Å². The fourth-order valence-electron chi connectivity index (χ4n) is 2.30. The van der Waals surface area contributed by atoms with E-state index in [-0.39, 0.29) is 24.0 Å². The van der Waals surface area contributed by atoms with Crippen molar-refractivity contribution in [2.24, 2.45) is 12.0 Å². The maximum absolute atomic E-state index is 5.06. The molecule has 0 aliphatic rings. The van der Waals surface area contributed by atoms with Crippen LogP contribution in [0.2, 0.25) is 0 Å². The van der Waals surface area contributed by atoms with Crippen molar-refractivity contribution in [1.29, 1.82) is 0 Å². The number of nitrogens with one attached hydrogen (secondary N) is 2. The molecule has 0 unspecified atom stereocenters. The normalized spacial score (nSPS) is 11.3. The minimum atomic E-state index is 0. The number of aromatic nitrogens is 2. The van der Waals surface area contributed by atoms with Crippen LogP contribution in [0.4, 0.5) is 0 Å². The Morgan fingerprint density at radius 1 is 1.22 bits per heavy atom. The number of methoxy groups -OCH3 is 1. The molecule has 0 atom stereocenters. The third-order valence-electron chi connectivity index (χ3n) is 3.72. The van der Waals surface area contributed by atoms with Gasteiger partial charge in [-0.2, -0.15) is 5.10 Å². The van der Waals surface area contributed by atoms with Gasteiger partial charge in [-0.15, -0.1) is 24.0 Å². The van der Waals surface area contributed by atoms with E-state index in [2.05, 4.69) is 34.6 Å². The molecule has 1 heterocycles. The second kappa shape index (κ2) is 12.6. The highest BCUT2D eigenvalue weighted by Gasteiger charge is 2.08. The topological polar surface area (TPSA) is 63.5 Å². The Morgan fingerprint density at radius 3 is 2.52 bits per heavy atom. The van der Waals surface area contributed by atoms with E-state index in [1.165, 1.54) is 17.7 Å². The van der Waals surface area contributed by atoms with Gasteiger partial charge in [0.2, 0.25) is 0 Å². The molecule has 134 valence electrons. The number of ether oxygens (including phenoxy) is 1. The average molecular weight is 437 g/mol. The van der Waals surface area contributed by atoms with Gasteiger partial charge >= 0.3 is 0 Å². The standard InChI is InChI=1S/C16H31N5O.HI/c1-6-17-16(18-10-8-7-9-11-22-5)19-12-15-13(2)20-21(4)14(15)3;/h6-12H2,1-5H3,(H2,17,18,19);1H. The number of aryl methyl sites for hydroxylation is 2. The van der Waals surface area contributed by atoms with E-state index in [0.29, 0.717) is 6.54 Å². The molecule has 1 aromatic heterocycles. The first-order valence-corrected chi connectivity index (χ1v) is 8.10. The number of halogens is 1. The number of nitrogens with zero attached hydrogens (tertiary/aromatic N) is 3. The second-order valence-electron chi connectivity index (χ2n) is 5.45. The van der Waals surface area contributed by atoms with Crippen molar-refractivity contribution in [3.63, 3.8) is 0 Å². The zero-order chi connectivity index (χ0) is 16.4. The van der Waals surface area contributed by atoms with Crippen LogP contribution in [0, 0.1) is 13.8 Å². The molecule has 6 nitrogen and oxygen atoms in total. The van der Waals surface area contributed by atoms with Gasteiger partial charge in [0, 0.05) is 45.1 Å². The molecule has 0 spiro atoms. The number of unbranched alkanes of at least 4 members (excludes halogenated alkanes) is 2. The monoisotopic (exact) mass is 437 g/mol. The highest BCUT2D eigenvalue weighted by molar-refractivity contribution is 14.0. The molecule has 7 heteroatoms. The van der Waals surface area contributed by atoms with E-state index in [0.717, 1.165) is 44.2 Å². The SMILES string of the molecule is CCNC(=NCc1c(C)nn(C)c1C)NCCCCCOC.I. The van der Waals surface area contributed by atoms with Crippen LogP contribution >= 0.6 is 24.0 Å². The van der Waals surface area contributed by atoms with E-state index in [1.807, 2.05) is 18.7 Å². The van der Waals surface area contributed by atoms with E-state index >= 15 is 0 Å². The van der Waals surface area contributed by atoms with Gasteiger partial charge in [0.25, 0.3) is 0 Å². The Hall–Kier alpha value is -0.830. The molecule has 0 radical (unpaired) electrons. The molecule has 23 heavy (non-hydrogen) atoms. The molecule has 1 rings (SSSR count). The summed E-state index contributed by atoms with van der Waals surface area (Å²) in [5, 5.41) is 11.1. The lowest BCUT2D eigenvalue weighted by atomic mass is 10.2. The van der Waals surface area contributed by atoms with Crippen molar-refractivity contribution in [3.8, 4) is 0 Å². The maximum atomic E-state index is 5.06. The minimum Gasteiger partial charge on any atom is -0.385 e. The third-order valence-corrected chi connectivity index (χ3v) is 3.72. The lowest BCUT2D eigenvalue weighted by Gasteiger charge is -2.11. The largest absolute Gasteiger partial charge is 0.385 e. The lowest BCUT2D eigenvalue weighted by molar-refractivity contribution is 0.192. The van der Waals surface area contributed by atoms with Gasteiger partial charge in [-0.05, 0) is 40.0 Å². The Bertz CT molecular complexity index is 473. The van der Waals surface area contributed by atoms with Gasteiger partial charge in [0.1, 0.15) is 0 Å². The molecule has 2 N–H and O–H groups in total. The molecular weight excluding hydrogens is 405 g/mol. The zero-order valence-corrected chi connectivity index (χ0v) is 17.4. The molecule has 1 aromatic rings. The maximum Gasteiger partial charge on any atom is 0.191 e. The number of aliphatic imine (C=N–C) groups is 1. The summed E-state index contributed by atoms with van der Waals surface area (Å²) < 4.78 is 6.97. The van der Waals surface area contributed by atoms with Crippen molar-refractivity contribution in [3.05, 3.63) is 17.0 Å². The predicted octanol–water partition coefficient (Wildman–Crippen LogP) is 2.53. The van der Waals surface area contributed by atoms with E-state index in [1.54, 1.807) is 7.11 Å². The third kappa shape index (κ3) is 8.01. The van der Waals surface area contributed by atoms with E-state index < -0.39 is 0 Å². The van der Waals surface area contributed by atoms with Crippen LogP contribution < -0.4 is 10.6 Å². The fraction of sp³-hybridized carbons (Fsp3) is 0.750. The number of hydrogen-bond donors (Lipinski definition) is 2. The van der Waals surface area contributed by atoms with Crippen LogP contribution in [0.15, 0.2) is 4.99 Å². The molecule has 0 amide bonds. The Morgan fingerprint density at radius 2 is 1.96 bits per heavy atom. The van der Waals surface area contributed by atoms with E-state index in [4.69, 9.17) is 4.74 Å². The number of hydrogen-bond acceptors (Lipinski definition) is 3. The van der Waals surface area contributed by atoms with Gasteiger partial charge in [-0.3, -0.25) is 4.68 Å². The first kappa shape index (κ1) is 22.2. The molecule has 0 bridgehead atoms. The summed E-state index contributed by atoms with van der Waals surface area (Å²) >= 11 is 0. The van der Waals surface area contributed by atoms with Gasteiger partial charge in [-0.1, -0.05) is 0 Å². The summed E-state index contributed by atoms with van der Waals surface area (Å²) in [5.41, 5.74) is 3.44. The zero-order valence-electron chi connectivity index (χ0n) is 15.1. The Kier molecular flexibility index (Phi) is 12.1. The smallest absolute Gasteiger partial charge is 0.191 e. The van der Waals surface area contributed by atoms with Crippen LogP contribution in [0.1, 0.15) is 43.1 Å². The lowest BCUT2D eigenvalue weighted by Crippen LogP contribution is -2.37. The quantitative estimate of drug-likeness (QED) is 0.270. The van der Waals surface area contributed by atoms with E-state index in [9.17, 15) is 0 Å². The summed E-state index contributed by atoms with van der Waals surface area (Å²) in [5.74, 6) is 0.872. The van der Waals surface area contributed by atoms with Crippen LogP contribution in [-0.4, -0.2) is 42.5 Å². The van der Waals surface area contributed by atoms with Crippen molar-refractivity contribution in [1.82, 2.24) is 20.4 Å². The number of guanidine groups is 1. The first-order valence-electron chi connectivity index (χ1n) is 8.10. The second-order valence-corrected chi connectivity index (χ2v) is 5.45. The summed E-state index contributed by atoms with van der Waals surface area (Å²) in [7, 11) is 3.72. The molecule has 0 aromatic carbocycles. The van der Waals surface area contributed by atoms with Crippen molar-refractivity contribution >= 4 is 29.9 Å². The minimum absolute atomic E-state index is 0. The van der Waals surface area contributed by atoms with Crippen LogP contribution in [0.25, 0.3) is 0 Å². The van der Waals surface area contributed by atoms with Crippen molar-refractivity contribution in [2.45, 2.75) is 46.6 Å². The molecule has 0 aliphatic carbocycles. The van der Waals surface area contributed by atoms with Gasteiger partial charge in [-0.25, -0.2) is 4.99 Å². The summed E-state index contributed by atoms with van der Waals surface area (Å²) in [4.78, 5) is 4.67. The average Bonchev–Trinajstić information content (AvgIpc) is 2.73. The van der Waals surface area contributed by atoms with Crippen molar-refractivity contribution in [2.75, 3.05) is 26.8 Å². The fourth-order valence-corrected chi connectivity index (χ4v) is 2.30. The summed E-state index contributed by atoms with van der Waals surface area (Å²) in [6, 6.07) is 0. The van der Waals surface area contributed by atoms with Gasteiger partial charge < -0.3 is 15.4 Å². The first-order chi connectivity index (χ1) is 10.6. The van der Waals surface area contributed by atoms with Gasteiger partial charge in [0.05, 0.1) is 12.2 Å². The molecule has 0 fully saturated rings. The predicted molar refractivity (Wildman–Crippen MR) is 107 cm³/mol.